The number of hydrogen-bond acceptors (Lipinski definition) is 4. The molecule has 2 rings (SSSR count). The van der Waals surface area contributed by atoms with Crippen molar-refractivity contribution in [3.63, 3.8) is 0 Å². The average Bonchev–Trinajstić information content (AvgIpc) is 2.71. The van der Waals surface area contributed by atoms with Crippen LogP contribution in [0.5, 0.6) is 0 Å². The summed E-state index contributed by atoms with van der Waals surface area (Å²) in [6.07, 6.45) is 1.18. The molecule has 0 saturated heterocycles. The number of carbonyl (C=O) groups is 3. The zero-order chi connectivity index (χ0) is 22.3. The molecule has 0 fully saturated rings. The molecule has 2 aromatic rings. The van der Waals surface area contributed by atoms with Crippen LogP contribution < -0.4 is 14.9 Å². The molecule has 2 aromatic carbocycles. The van der Waals surface area contributed by atoms with E-state index in [2.05, 4.69) is 60.1 Å². The molecular weight excluding hydrogens is 466 g/mol. The quantitative estimate of drug-likeness (QED) is 0.378. The molecular formula is C22H26BrN3O3S. The standard InChI is InChI=1S/C22H26BrN3O3S/c1-22(2,3)16-8-6-15(7-9-16)20(28)25-21(29)26(30)18-12-10-17(11-13-18)24-19(27)5-4-14-23/h6-13,30H,4-5,14H2,1-3H3,(H,24,27)(H,25,28,29). The number of carbonyl (C=O) groups excluding carboxylic acids is 3. The lowest BCUT2D eigenvalue weighted by atomic mass is 9.87. The van der Waals surface area contributed by atoms with Crippen molar-refractivity contribution in [1.82, 2.24) is 5.32 Å². The summed E-state index contributed by atoms with van der Waals surface area (Å²) in [5, 5.41) is 5.87. The molecule has 2 N–H and O–H groups in total. The maximum absolute atomic E-state index is 12.4. The molecule has 0 aliphatic carbocycles. The fourth-order valence-corrected chi connectivity index (χ4v) is 3.06. The van der Waals surface area contributed by atoms with E-state index in [0.717, 1.165) is 21.6 Å². The van der Waals surface area contributed by atoms with Crippen LogP contribution in [0.15, 0.2) is 48.5 Å². The van der Waals surface area contributed by atoms with Crippen molar-refractivity contribution in [2.75, 3.05) is 15.0 Å². The monoisotopic (exact) mass is 491 g/mol. The van der Waals surface area contributed by atoms with Gasteiger partial charge in [-0.15, -0.1) is 0 Å². The van der Waals surface area contributed by atoms with Crippen LogP contribution in [-0.4, -0.2) is 23.2 Å². The number of imide groups is 1. The largest absolute Gasteiger partial charge is 0.338 e. The molecule has 8 heteroatoms. The van der Waals surface area contributed by atoms with E-state index in [1.807, 2.05) is 12.1 Å². The highest BCUT2D eigenvalue weighted by Crippen LogP contribution is 2.23. The summed E-state index contributed by atoms with van der Waals surface area (Å²) in [5.41, 5.74) is 2.55. The molecule has 6 nitrogen and oxygen atoms in total. The molecule has 0 atom stereocenters. The Balaban J connectivity index is 1.96. The molecule has 0 spiro atoms. The molecule has 0 aromatic heterocycles. The van der Waals surface area contributed by atoms with Crippen molar-refractivity contribution < 1.29 is 14.4 Å². The van der Waals surface area contributed by atoms with Crippen molar-refractivity contribution in [2.45, 2.75) is 39.0 Å². The third kappa shape index (κ3) is 6.88. The van der Waals surface area contributed by atoms with Gasteiger partial charge in [0.05, 0.1) is 5.69 Å². The number of hydrogen-bond donors (Lipinski definition) is 3. The van der Waals surface area contributed by atoms with E-state index in [-0.39, 0.29) is 11.3 Å². The molecule has 0 bridgehead atoms. The summed E-state index contributed by atoms with van der Waals surface area (Å²) in [4.78, 5) is 36.5. The minimum atomic E-state index is -0.669. The summed E-state index contributed by atoms with van der Waals surface area (Å²) in [5.74, 6) is -0.582. The summed E-state index contributed by atoms with van der Waals surface area (Å²) in [6.45, 7) is 6.26. The zero-order valence-corrected chi connectivity index (χ0v) is 19.7. The normalized spacial score (nSPS) is 11.0. The Morgan fingerprint density at radius 1 is 1.00 bits per heavy atom. The fourth-order valence-electron chi connectivity index (χ4n) is 2.60. The van der Waals surface area contributed by atoms with Gasteiger partial charge >= 0.3 is 6.03 Å². The minimum absolute atomic E-state index is 0.0216. The number of rotatable bonds is 6. The number of alkyl halides is 1. The predicted octanol–water partition coefficient (Wildman–Crippen LogP) is 5.30. The van der Waals surface area contributed by atoms with E-state index in [4.69, 9.17) is 0 Å². The lowest BCUT2D eigenvalue weighted by Crippen LogP contribution is -2.38. The van der Waals surface area contributed by atoms with Crippen LogP contribution in [0.3, 0.4) is 0 Å². The first-order valence-corrected chi connectivity index (χ1v) is 11.0. The number of halogens is 1. The van der Waals surface area contributed by atoms with Crippen LogP contribution in [0.2, 0.25) is 0 Å². The number of nitrogens with one attached hydrogen (secondary N) is 2. The Morgan fingerprint density at radius 3 is 2.13 bits per heavy atom. The van der Waals surface area contributed by atoms with E-state index in [1.165, 1.54) is 0 Å². The Labute approximate surface area is 191 Å². The molecule has 0 aliphatic rings. The number of amides is 4. The number of thiol groups is 1. The first-order valence-electron chi connectivity index (χ1n) is 9.52. The second-order valence-electron chi connectivity index (χ2n) is 7.79. The van der Waals surface area contributed by atoms with Crippen LogP contribution >= 0.6 is 28.7 Å². The van der Waals surface area contributed by atoms with Crippen molar-refractivity contribution in [1.29, 1.82) is 0 Å². The third-order valence-electron chi connectivity index (χ3n) is 4.36. The van der Waals surface area contributed by atoms with Gasteiger partial charge < -0.3 is 5.32 Å². The maximum atomic E-state index is 12.4. The molecule has 30 heavy (non-hydrogen) atoms. The van der Waals surface area contributed by atoms with Crippen LogP contribution in [-0.2, 0) is 10.2 Å². The highest BCUT2D eigenvalue weighted by molar-refractivity contribution is 9.09. The predicted molar refractivity (Wildman–Crippen MR) is 128 cm³/mol. The Hall–Kier alpha value is -2.32. The lowest BCUT2D eigenvalue weighted by molar-refractivity contribution is -0.116. The molecule has 160 valence electrons. The van der Waals surface area contributed by atoms with Crippen LogP contribution in [0.4, 0.5) is 16.2 Å². The second-order valence-corrected chi connectivity index (χ2v) is 8.98. The lowest BCUT2D eigenvalue weighted by Gasteiger charge is -2.19. The number of nitrogens with zero attached hydrogens (tertiary/aromatic N) is 1. The Kier molecular flexibility index (Phi) is 8.49. The molecule has 0 unspecified atom stereocenters. The Morgan fingerprint density at radius 2 is 1.60 bits per heavy atom. The van der Waals surface area contributed by atoms with Gasteiger partial charge in [-0.05, 0) is 53.8 Å². The number of anilines is 2. The van der Waals surface area contributed by atoms with Gasteiger partial charge in [0.2, 0.25) is 5.91 Å². The van der Waals surface area contributed by atoms with Gasteiger partial charge in [0.1, 0.15) is 0 Å². The first kappa shape index (κ1) is 24.0. The Bertz CT molecular complexity index is 893. The van der Waals surface area contributed by atoms with Crippen molar-refractivity contribution in [2.24, 2.45) is 0 Å². The van der Waals surface area contributed by atoms with Gasteiger partial charge in [-0.1, -0.05) is 61.6 Å². The van der Waals surface area contributed by atoms with Crippen molar-refractivity contribution >= 4 is 58.0 Å². The topological polar surface area (TPSA) is 78.5 Å². The van der Waals surface area contributed by atoms with Gasteiger partial charge in [0.15, 0.2) is 0 Å². The van der Waals surface area contributed by atoms with E-state index < -0.39 is 11.9 Å². The summed E-state index contributed by atoms with van der Waals surface area (Å²) in [7, 11) is 0. The summed E-state index contributed by atoms with van der Waals surface area (Å²) in [6, 6.07) is 13.1. The summed E-state index contributed by atoms with van der Waals surface area (Å²) < 4.78 is 1.04. The number of benzene rings is 2. The maximum Gasteiger partial charge on any atom is 0.338 e. The average molecular weight is 492 g/mol. The summed E-state index contributed by atoms with van der Waals surface area (Å²) >= 11 is 7.47. The SMILES string of the molecule is CC(C)(C)c1ccc(C(=O)NC(=O)N(S)c2ccc(NC(=O)CCCBr)cc2)cc1. The van der Waals surface area contributed by atoms with E-state index in [0.29, 0.717) is 23.4 Å². The van der Waals surface area contributed by atoms with Crippen LogP contribution in [0.1, 0.15) is 49.5 Å². The minimum Gasteiger partial charge on any atom is -0.326 e. The van der Waals surface area contributed by atoms with E-state index in [1.54, 1.807) is 36.4 Å². The number of urea groups is 1. The van der Waals surface area contributed by atoms with E-state index >= 15 is 0 Å². The van der Waals surface area contributed by atoms with Crippen molar-refractivity contribution in [3.05, 3.63) is 59.7 Å². The van der Waals surface area contributed by atoms with Gasteiger partial charge in [0, 0.05) is 23.0 Å². The van der Waals surface area contributed by atoms with Gasteiger partial charge in [0.25, 0.3) is 5.91 Å². The smallest absolute Gasteiger partial charge is 0.326 e. The zero-order valence-electron chi connectivity index (χ0n) is 17.2. The molecule has 0 saturated carbocycles. The fraction of sp³-hybridized carbons (Fsp3) is 0.318. The van der Waals surface area contributed by atoms with Crippen LogP contribution in [0.25, 0.3) is 0 Å². The molecule has 0 radical (unpaired) electrons. The third-order valence-corrected chi connectivity index (χ3v) is 5.33. The second kappa shape index (κ2) is 10.6. The molecule has 0 heterocycles. The van der Waals surface area contributed by atoms with Gasteiger partial charge in [-0.2, -0.15) is 0 Å². The van der Waals surface area contributed by atoms with E-state index in [9.17, 15) is 14.4 Å². The highest BCUT2D eigenvalue weighted by atomic mass is 79.9. The van der Waals surface area contributed by atoms with Gasteiger partial charge in [-0.3, -0.25) is 14.9 Å². The first-order chi connectivity index (χ1) is 14.1. The van der Waals surface area contributed by atoms with Crippen molar-refractivity contribution in [3.8, 4) is 0 Å². The van der Waals surface area contributed by atoms with Crippen LogP contribution in [0, 0.1) is 0 Å². The molecule has 4 amide bonds. The molecule has 0 aliphatic heterocycles. The highest BCUT2D eigenvalue weighted by Gasteiger charge is 2.18. The van der Waals surface area contributed by atoms with Gasteiger partial charge in [-0.25, -0.2) is 9.10 Å².